The van der Waals surface area contributed by atoms with Crippen molar-refractivity contribution in [2.45, 2.75) is 23.7 Å². The van der Waals surface area contributed by atoms with Crippen LogP contribution in [0.5, 0.6) is 0 Å². The van der Waals surface area contributed by atoms with Gasteiger partial charge in [-0.05, 0) is 49.5 Å². The van der Waals surface area contributed by atoms with Crippen molar-refractivity contribution in [1.29, 1.82) is 0 Å². The molecule has 23 heavy (non-hydrogen) atoms. The fraction of sp³-hybridized carbons (Fsp3) is 0.471. The summed E-state index contributed by atoms with van der Waals surface area (Å²) in [4.78, 5) is 2.68. The number of aromatic nitrogens is 2. The molecule has 2 heterocycles. The Morgan fingerprint density at radius 3 is 2.48 bits per heavy atom. The second-order valence-electron chi connectivity index (χ2n) is 6.20. The Morgan fingerprint density at radius 1 is 1.17 bits per heavy atom. The summed E-state index contributed by atoms with van der Waals surface area (Å²) in [5, 5.41) is 4.24. The highest BCUT2D eigenvalue weighted by Gasteiger charge is 2.23. The normalized spacial score (nSPS) is 17.4. The molecule has 1 fully saturated rings. The Morgan fingerprint density at radius 2 is 1.87 bits per heavy atom. The highest BCUT2D eigenvalue weighted by atomic mass is 32.2. The van der Waals surface area contributed by atoms with Gasteiger partial charge in [0.1, 0.15) is 0 Å². The first-order valence-electron chi connectivity index (χ1n) is 8.03. The molecular weight excluding hydrogens is 310 g/mol. The fourth-order valence-corrected chi connectivity index (χ4v) is 4.44. The fourth-order valence-electron chi connectivity index (χ4n) is 3.14. The first-order chi connectivity index (χ1) is 11.0. The number of rotatable bonds is 5. The van der Waals surface area contributed by atoms with E-state index in [2.05, 4.69) is 16.2 Å². The standard InChI is InChI=1S/C17H23N3O2S/c1-19-14-16(13-18-19)15-7-9-20(10-8-15)11-12-23(21,22)17-5-3-2-4-6-17/h2-6,13-15H,7-12H2,1H3. The summed E-state index contributed by atoms with van der Waals surface area (Å²) in [5.74, 6) is 0.736. The third-order valence-electron chi connectivity index (χ3n) is 4.56. The van der Waals surface area contributed by atoms with Gasteiger partial charge in [0.05, 0.1) is 16.8 Å². The zero-order valence-corrected chi connectivity index (χ0v) is 14.2. The molecule has 0 amide bonds. The summed E-state index contributed by atoms with van der Waals surface area (Å²) in [6.07, 6.45) is 6.16. The molecule has 3 rings (SSSR count). The molecule has 1 aromatic carbocycles. The van der Waals surface area contributed by atoms with E-state index in [1.54, 1.807) is 24.3 Å². The first-order valence-corrected chi connectivity index (χ1v) is 9.68. The van der Waals surface area contributed by atoms with Gasteiger partial charge in [0.25, 0.3) is 0 Å². The van der Waals surface area contributed by atoms with Crippen molar-refractivity contribution in [2.75, 3.05) is 25.4 Å². The summed E-state index contributed by atoms with van der Waals surface area (Å²) < 4.78 is 26.5. The van der Waals surface area contributed by atoms with Gasteiger partial charge >= 0.3 is 0 Å². The largest absolute Gasteiger partial charge is 0.302 e. The van der Waals surface area contributed by atoms with Crippen molar-refractivity contribution in [3.8, 4) is 0 Å². The Hall–Kier alpha value is -1.66. The van der Waals surface area contributed by atoms with Crippen molar-refractivity contribution >= 4 is 9.84 Å². The minimum Gasteiger partial charge on any atom is -0.302 e. The summed E-state index contributed by atoms with van der Waals surface area (Å²) in [6.45, 7) is 2.50. The van der Waals surface area contributed by atoms with Gasteiger partial charge < -0.3 is 4.90 Å². The highest BCUT2D eigenvalue weighted by molar-refractivity contribution is 7.91. The number of likely N-dealkylation sites (tertiary alicyclic amines) is 1. The first kappa shape index (κ1) is 16.2. The zero-order valence-electron chi connectivity index (χ0n) is 13.4. The van der Waals surface area contributed by atoms with Gasteiger partial charge in [-0.2, -0.15) is 5.10 Å². The van der Waals surface area contributed by atoms with Gasteiger partial charge in [-0.1, -0.05) is 18.2 Å². The number of nitrogens with zero attached hydrogens (tertiary/aromatic N) is 3. The van der Waals surface area contributed by atoms with Gasteiger partial charge in [0.2, 0.25) is 0 Å². The van der Waals surface area contributed by atoms with Crippen LogP contribution in [-0.4, -0.2) is 48.5 Å². The van der Waals surface area contributed by atoms with E-state index >= 15 is 0 Å². The summed E-state index contributed by atoms with van der Waals surface area (Å²) in [7, 11) is -1.24. The van der Waals surface area contributed by atoms with Crippen LogP contribution in [-0.2, 0) is 16.9 Å². The van der Waals surface area contributed by atoms with E-state index in [0.29, 0.717) is 17.4 Å². The number of aryl methyl sites for hydroxylation is 1. The van der Waals surface area contributed by atoms with Gasteiger partial charge in [0, 0.05) is 19.8 Å². The van der Waals surface area contributed by atoms with E-state index in [0.717, 1.165) is 25.9 Å². The highest BCUT2D eigenvalue weighted by Crippen LogP contribution is 2.27. The number of hydrogen-bond donors (Lipinski definition) is 0. The second kappa shape index (κ2) is 6.84. The minimum absolute atomic E-state index is 0.189. The van der Waals surface area contributed by atoms with Crippen LogP contribution in [0.1, 0.15) is 24.3 Å². The Bertz CT molecular complexity index is 732. The van der Waals surface area contributed by atoms with Gasteiger partial charge in [-0.25, -0.2) is 8.42 Å². The predicted octanol–water partition coefficient (Wildman–Crippen LogP) is 2.07. The van der Waals surface area contributed by atoms with E-state index in [4.69, 9.17) is 0 Å². The molecule has 0 atom stereocenters. The molecular formula is C17H23N3O2S. The number of benzene rings is 1. The summed E-state index contributed by atoms with van der Waals surface area (Å²) in [6, 6.07) is 8.72. The third kappa shape index (κ3) is 4.00. The van der Waals surface area contributed by atoms with Crippen LogP contribution in [0.3, 0.4) is 0 Å². The van der Waals surface area contributed by atoms with E-state index < -0.39 is 9.84 Å². The molecule has 1 aliphatic rings. The van der Waals surface area contributed by atoms with E-state index in [9.17, 15) is 8.42 Å². The monoisotopic (exact) mass is 333 g/mol. The SMILES string of the molecule is Cn1cc(C2CCN(CCS(=O)(=O)c3ccccc3)CC2)cn1. The van der Waals surface area contributed by atoms with E-state index in [1.165, 1.54) is 5.56 Å². The summed E-state index contributed by atoms with van der Waals surface area (Å²) in [5.41, 5.74) is 1.30. The lowest BCUT2D eigenvalue weighted by atomic mass is 9.92. The molecule has 5 nitrogen and oxygen atoms in total. The smallest absolute Gasteiger partial charge is 0.179 e. The van der Waals surface area contributed by atoms with Gasteiger partial charge in [-0.3, -0.25) is 4.68 Å². The summed E-state index contributed by atoms with van der Waals surface area (Å²) >= 11 is 0. The predicted molar refractivity (Wildman–Crippen MR) is 90.1 cm³/mol. The zero-order chi connectivity index (χ0) is 16.3. The van der Waals surface area contributed by atoms with Crippen LogP contribution in [0.15, 0.2) is 47.6 Å². The molecule has 1 saturated heterocycles. The maximum atomic E-state index is 12.3. The van der Waals surface area contributed by atoms with Crippen LogP contribution >= 0.6 is 0 Å². The van der Waals surface area contributed by atoms with Crippen molar-refractivity contribution < 1.29 is 8.42 Å². The molecule has 0 radical (unpaired) electrons. The number of piperidine rings is 1. The molecule has 0 aliphatic carbocycles. The topological polar surface area (TPSA) is 55.2 Å². The molecule has 1 aromatic heterocycles. The molecule has 0 unspecified atom stereocenters. The molecule has 0 bridgehead atoms. The lowest BCUT2D eigenvalue weighted by Crippen LogP contribution is -2.36. The van der Waals surface area contributed by atoms with Crippen molar-refractivity contribution in [2.24, 2.45) is 7.05 Å². The lowest BCUT2D eigenvalue weighted by molar-refractivity contribution is 0.223. The Balaban J connectivity index is 1.51. The van der Waals surface area contributed by atoms with E-state index in [1.807, 2.05) is 24.0 Å². The number of sulfone groups is 1. The Kier molecular flexibility index (Phi) is 4.82. The minimum atomic E-state index is -3.18. The lowest BCUT2D eigenvalue weighted by Gasteiger charge is -2.31. The number of hydrogen-bond acceptors (Lipinski definition) is 4. The van der Waals surface area contributed by atoms with Crippen molar-refractivity contribution in [3.05, 3.63) is 48.3 Å². The maximum Gasteiger partial charge on any atom is 0.179 e. The van der Waals surface area contributed by atoms with E-state index in [-0.39, 0.29) is 5.75 Å². The third-order valence-corrected chi connectivity index (χ3v) is 6.27. The van der Waals surface area contributed by atoms with Crippen LogP contribution in [0, 0.1) is 0 Å². The van der Waals surface area contributed by atoms with Crippen LogP contribution < -0.4 is 0 Å². The average Bonchev–Trinajstić information content (AvgIpc) is 3.01. The molecule has 1 aliphatic heterocycles. The molecule has 2 aromatic rings. The molecule has 0 saturated carbocycles. The van der Waals surface area contributed by atoms with Crippen molar-refractivity contribution in [1.82, 2.24) is 14.7 Å². The quantitative estimate of drug-likeness (QED) is 0.840. The van der Waals surface area contributed by atoms with Gasteiger partial charge in [-0.15, -0.1) is 0 Å². The molecule has 0 N–H and O–H groups in total. The van der Waals surface area contributed by atoms with Gasteiger partial charge in [0.15, 0.2) is 9.84 Å². The molecule has 6 heteroatoms. The molecule has 0 spiro atoms. The van der Waals surface area contributed by atoms with Crippen LogP contribution in [0.4, 0.5) is 0 Å². The van der Waals surface area contributed by atoms with Crippen LogP contribution in [0.2, 0.25) is 0 Å². The van der Waals surface area contributed by atoms with Crippen LogP contribution in [0.25, 0.3) is 0 Å². The van der Waals surface area contributed by atoms with Crippen molar-refractivity contribution in [3.63, 3.8) is 0 Å². The average molecular weight is 333 g/mol. The maximum absolute atomic E-state index is 12.3. The Labute approximate surface area is 137 Å². The molecule has 124 valence electrons. The second-order valence-corrected chi connectivity index (χ2v) is 8.30.